The lowest BCUT2D eigenvalue weighted by atomic mass is 9.96. The fourth-order valence-corrected chi connectivity index (χ4v) is 6.00. The summed E-state index contributed by atoms with van der Waals surface area (Å²) in [7, 11) is 2.20. The Kier molecular flexibility index (Phi) is 11.6. The van der Waals surface area contributed by atoms with Crippen LogP contribution in [-0.2, 0) is 33.7 Å². The number of Topliss-reactive ketones (excluding diaryl/α,β-unsaturated/α-hetero) is 1. The van der Waals surface area contributed by atoms with Crippen LogP contribution in [0.4, 0.5) is 0 Å². The van der Waals surface area contributed by atoms with Gasteiger partial charge in [0.2, 0.25) is 0 Å². The van der Waals surface area contributed by atoms with Gasteiger partial charge in [-0.3, -0.25) is 9.69 Å². The zero-order chi connectivity index (χ0) is 29.9. The molecule has 0 radical (unpaired) electrons. The van der Waals surface area contributed by atoms with Gasteiger partial charge >= 0.3 is 0 Å². The van der Waals surface area contributed by atoms with Gasteiger partial charge in [-0.2, -0.15) is 0 Å². The SMILES string of the molecule is CCCCOCCOc1ccc(-c2ccc3c(c2)C=C(C(=O)Cc2ccc(CN(C)C4CCOCC4)cc2)CCC3)cc1. The topological polar surface area (TPSA) is 48.0 Å². The number of rotatable bonds is 14. The summed E-state index contributed by atoms with van der Waals surface area (Å²) in [5, 5.41) is 0. The maximum Gasteiger partial charge on any atom is 0.163 e. The van der Waals surface area contributed by atoms with E-state index in [1.165, 1.54) is 11.1 Å². The van der Waals surface area contributed by atoms with Crippen LogP contribution in [0.5, 0.6) is 5.75 Å². The van der Waals surface area contributed by atoms with Crippen LogP contribution in [0.25, 0.3) is 17.2 Å². The average molecular weight is 582 g/mol. The first kappa shape index (κ1) is 31.2. The lowest BCUT2D eigenvalue weighted by molar-refractivity contribution is -0.115. The summed E-state index contributed by atoms with van der Waals surface area (Å²) >= 11 is 0. The number of carbonyl (C=O) groups excluding carboxylic acids is 1. The number of ether oxygens (including phenoxy) is 3. The molecule has 0 atom stereocenters. The maximum absolute atomic E-state index is 13.4. The summed E-state index contributed by atoms with van der Waals surface area (Å²) in [6.07, 6.45) is 9.82. The number of unbranched alkanes of at least 4 members (excludes halogenated alkanes) is 1. The van der Waals surface area contributed by atoms with Crippen LogP contribution in [0.1, 0.15) is 67.7 Å². The Hall–Kier alpha value is -3.25. The van der Waals surface area contributed by atoms with E-state index in [0.29, 0.717) is 25.7 Å². The van der Waals surface area contributed by atoms with Crippen molar-refractivity contribution in [3.8, 4) is 16.9 Å². The van der Waals surface area contributed by atoms with E-state index in [9.17, 15) is 4.79 Å². The number of ketones is 1. The maximum atomic E-state index is 13.4. The van der Waals surface area contributed by atoms with E-state index in [1.54, 1.807) is 0 Å². The molecule has 5 rings (SSSR count). The molecular weight excluding hydrogens is 534 g/mol. The highest BCUT2D eigenvalue weighted by molar-refractivity contribution is 6.01. The first-order valence-electron chi connectivity index (χ1n) is 16.1. The molecule has 0 N–H and O–H groups in total. The van der Waals surface area contributed by atoms with Crippen LogP contribution >= 0.6 is 0 Å². The Morgan fingerprint density at radius 2 is 1.63 bits per heavy atom. The minimum atomic E-state index is 0.227. The first-order chi connectivity index (χ1) is 21.1. The predicted molar refractivity (Wildman–Crippen MR) is 174 cm³/mol. The van der Waals surface area contributed by atoms with E-state index in [-0.39, 0.29) is 5.78 Å². The van der Waals surface area contributed by atoms with Crippen LogP contribution in [0, 0.1) is 0 Å². The lowest BCUT2D eigenvalue weighted by Gasteiger charge is -2.31. The Balaban J connectivity index is 1.19. The molecule has 1 aliphatic heterocycles. The van der Waals surface area contributed by atoms with Crippen molar-refractivity contribution in [3.63, 3.8) is 0 Å². The van der Waals surface area contributed by atoms with Crippen molar-refractivity contribution < 1.29 is 19.0 Å². The third-order valence-electron chi connectivity index (χ3n) is 8.69. The molecule has 0 unspecified atom stereocenters. The van der Waals surface area contributed by atoms with Crippen molar-refractivity contribution >= 4 is 11.9 Å². The number of allylic oxidation sites excluding steroid dienone is 1. The Labute approximate surface area is 257 Å². The monoisotopic (exact) mass is 581 g/mol. The zero-order valence-corrected chi connectivity index (χ0v) is 26.0. The molecule has 3 aromatic carbocycles. The van der Waals surface area contributed by atoms with Gasteiger partial charge in [-0.15, -0.1) is 0 Å². The van der Waals surface area contributed by atoms with Crippen molar-refractivity contribution in [3.05, 3.63) is 94.6 Å². The van der Waals surface area contributed by atoms with E-state index in [0.717, 1.165) is 105 Å². The molecule has 1 fully saturated rings. The third-order valence-corrected chi connectivity index (χ3v) is 8.69. The second-order valence-corrected chi connectivity index (χ2v) is 12.0. The second-order valence-electron chi connectivity index (χ2n) is 12.0. The molecule has 228 valence electrons. The molecule has 5 nitrogen and oxygen atoms in total. The second kappa shape index (κ2) is 16.0. The van der Waals surface area contributed by atoms with Gasteiger partial charge in [0.15, 0.2) is 5.78 Å². The Bertz CT molecular complexity index is 1340. The lowest BCUT2D eigenvalue weighted by Crippen LogP contribution is -2.36. The Morgan fingerprint density at radius 3 is 2.40 bits per heavy atom. The number of aryl methyl sites for hydroxylation is 1. The molecule has 1 heterocycles. The van der Waals surface area contributed by atoms with Gasteiger partial charge < -0.3 is 14.2 Å². The first-order valence-corrected chi connectivity index (χ1v) is 16.1. The minimum Gasteiger partial charge on any atom is -0.491 e. The molecule has 1 aliphatic carbocycles. The fourth-order valence-electron chi connectivity index (χ4n) is 6.00. The highest BCUT2D eigenvalue weighted by Crippen LogP contribution is 2.30. The molecule has 1 saturated heterocycles. The molecule has 0 aromatic heterocycles. The number of hydrogen-bond donors (Lipinski definition) is 0. The highest BCUT2D eigenvalue weighted by Gasteiger charge is 2.19. The van der Waals surface area contributed by atoms with E-state index < -0.39 is 0 Å². The molecule has 0 bridgehead atoms. The summed E-state index contributed by atoms with van der Waals surface area (Å²) in [5.41, 5.74) is 8.07. The van der Waals surface area contributed by atoms with E-state index in [4.69, 9.17) is 14.2 Å². The summed E-state index contributed by atoms with van der Waals surface area (Å²) in [6.45, 7) is 6.76. The van der Waals surface area contributed by atoms with Crippen molar-refractivity contribution in [1.29, 1.82) is 0 Å². The standard InChI is InChI=1S/C38H47NO4/c1-3-4-20-41-23-24-43-37-16-14-32(15-17-37)33-13-12-31-6-5-7-34(27-35(31)26-33)38(40)25-29-8-10-30(11-9-29)28-39(2)36-18-21-42-22-19-36/h8-17,26-27,36H,3-7,18-25,28H2,1-2H3. The van der Waals surface area contributed by atoms with E-state index in [2.05, 4.69) is 79.5 Å². The zero-order valence-electron chi connectivity index (χ0n) is 26.0. The Morgan fingerprint density at radius 1 is 0.884 bits per heavy atom. The van der Waals surface area contributed by atoms with E-state index in [1.807, 2.05) is 12.1 Å². The van der Waals surface area contributed by atoms with Gasteiger partial charge in [-0.25, -0.2) is 0 Å². The summed E-state index contributed by atoms with van der Waals surface area (Å²) in [5.74, 6) is 1.08. The normalized spacial score (nSPS) is 15.6. The quantitative estimate of drug-likeness (QED) is 0.183. The summed E-state index contributed by atoms with van der Waals surface area (Å²) in [4.78, 5) is 15.9. The fraction of sp³-hybridized carbons (Fsp3) is 0.447. The molecule has 0 spiro atoms. The number of hydrogen-bond acceptors (Lipinski definition) is 5. The van der Waals surface area contributed by atoms with Crippen LogP contribution in [0.2, 0.25) is 0 Å². The molecule has 43 heavy (non-hydrogen) atoms. The van der Waals surface area contributed by atoms with Crippen LogP contribution in [0.15, 0.2) is 72.3 Å². The molecule has 3 aromatic rings. The van der Waals surface area contributed by atoms with Crippen LogP contribution in [0.3, 0.4) is 0 Å². The largest absolute Gasteiger partial charge is 0.491 e. The molecule has 0 saturated carbocycles. The smallest absolute Gasteiger partial charge is 0.163 e. The number of nitrogens with zero attached hydrogens (tertiary/aromatic N) is 1. The number of fused-ring (bicyclic) bond motifs is 1. The minimum absolute atomic E-state index is 0.227. The third kappa shape index (κ3) is 9.12. The molecular formula is C38H47NO4. The molecule has 5 heteroatoms. The molecule has 0 amide bonds. The van der Waals surface area contributed by atoms with Crippen molar-refractivity contribution in [1.82, 2.24) is 4.90 Å². The highest BCUT2D eigenvalue weighted by atomic mass is 16.5. The average Bonchev–Trinajstić information content (AvgIpc) is 3.27. The van der Waals surface area contributed by atoms with Gasteiger partial charge in [-0.05, 0) is 109 Å². The van der Waals surface area contributed by atoms with Crippen LogP contribution < -0.4 is 4.74 Å². The van der Waals surface area contributed by atoms with Crippen molar-refractivity contribution in [2.75, 3.05) is 40.1 Å². The van der Waals surface area contributed by atoms with Crippen LogP contribution in [-0.4, -0.2) is 56.8 Å². The number of carbonyl (C=O) groups is 1. The molecule has 2 aliphatic rings. The van der Waals surface area contributed by atoms with Gasteiger partial charge in [0.25, 0.3) is 0 Å². The van der Waals surface area contributed by atoms with Crippen molar-refractivity contribution in [2.45, 2.75) is 70.9 Å². The van der Waals surface area contributed by atoms with Gasteiger partial charge in [0.05, 0.1) is 6.61 Å². The number of benzene rings is 3. The van der Waals surface area contributed by atoms with Gasteiger partial charge in [0, 0.05) is 38.8 Å². The predicted octanol–water partition coefficient (Wildman–Crippen LogP) is 7.69. The van der Waals surface area contributed by atoms with Gasteiger partial charge in [0.1, 0.15) is 12.4 Å². The van der Waals surface area contributed by atoms with Crippen molar-refractivity contribution in [2.24, 2.45) is 0 Å². The summed E-state index contributed by atoms with van der Waals surface area (Å²) < 4.78 is 16.9. The van der Waals surface area contributed by atoms with Gasteiger partial charge in [-0.1, -0.05) is 61.9 Å². The summed E-state index contributed by atoms with van der Waals surface area (Å²) in [6, 6.07) is 24.1. The van der Waals surface area contributed by atoms with E-state index >= 15 is 0 Å².